The first-order valence-electron chi connectivity index (χ1n) is 11.2. The van der Waals surface area contributed by atoms with Gasteiger partial charge in [-0.3, -0.25) is 9.59 Å². The number of fused-ring (bicyclic) bond motifs is 1. The zero-order chi connectivity index (χ0) is 23.7. The topological polar surface area (TPSA) is 67.6 Å². The van der Waals surface area contributed by atoms with Gasteiger partial charge in [-0.05, 0) is 42.0 Å². The average molecular weight is 493 g/mol. The van der Waals surface area contributed by atoms with Crippen molar-refractivity contribution in [2.24, 2.45) is 11.0 Å². The van der Waals surface area contributed by atoms with E-state index in [1.165, 1.54) is 11.2 Å². The van der Waals surface area contributed by atoms with Gasteiger partial charge < -0.3 is 0 Å². The molecule has 1 aliphatic heterocycles. The molecule has 2 aliphatic rings. The number of carbonyl (C=O) groups is 1. The lowest BCUT2D eigenvalue weighted by molar-refractivity contribution is -0.134. The third-order valence-electron chi connectivity index (χ3n) is 6.27. The van der Waals surface area contributed by atoms with Gasteiger partial charge in [0.2, 0.25) is 0 Å². The lowest BCUT2D eigenvalue weighted by Crippen LogP contribution is -2.37. The van der Waals surface area contributed by atoms with E-state index in [0.29, 0.717) is 0 Å². The molecule has 2 unspecified atom stereocenters. The first-order valence-corrected chi connectivity index (χ1v) is 11.9. The molecule has 0 N–H and O–H groups in total. The van der Waals surface area contributed by atoms with Crippen LogP contribution in [0.2, 0.25) is 10.0 Å². The highest BCUT2D eigenvalue weighted by Crippen LogP contribution is 2.44. The van der Waals surface area contributed by atoms with Gasteiger partial charge in [-0.2, -0.15) is 10.2 Å². The van der Waals surface area contributed by atoms with Crippen molar-refractivity contribution in [3.05, 3.63) is 104 Å². The molecule has 1 aromatic heterocycles. The molecule has 2 atom stereocenters. The van der Waals surface area contributed by atoms with Crippen LogP contribution in [-0.4, -0.2) is 26.4 Å². The SMILES string of the molecule is O=C(Cn1ncc(Cl)c(Cl)c1=O)N1N=C2/C(=C/c3ccccc3)CCCC2C1c1ccccc1. The molecule has 2 heterocycles. The van der Waals surface area contributed by atoms with Crippen molar-refractivity contribution in [2.75, 3.05) is 0 Å². The van der Waals surface area contributed by atoms with Gasteiger partial charge in [0.15, 0.2) is 0 Å². The number of benzene rings is 2. The summed E-state index contributed by atoms with van der Waals surface area (Å²) < 4.78 is 1.03. The van der Waals surface area contributed by atoms with E-state index < -0.39 is 5.56 Å². The Morgan fingerprint density at radius 3 is 2.50 bits per heavy atom. The quantitative estimate of drug-likeness (QED) is 0.491. The second-order valence-corrected chi connectivity index (χ2v) is 9.21. The molecule has 1 amide bonds. The molecule has 6 nitrogen and oxygen atoms in total. The highest BCUT2D eigenvalue weighted by Gasteiger charge is 2.43. The Morgan fingerprint density at radius 2 is 1.76 bits per heavy atom. The van der Waals surface area contributed by atoms with Crippen molar-refractivity contribution in [3.63, 3.8) is 0 Å². The summed E-state index contributed by atoms with van der Waals surface area (Å²) in [6, 6.07) is 19.8. The summed E-state index contributed by atoms with van der Waals surface area (Å²) >= 11 is 11.9. The number of hydrogen-bond donors (Lipinski definition) is 0. The van der Waals surface area contributed by atoms with E-state index in [4.69, 9.17) is 28.3 Å². The van der Waals surface area contributed by atoms with Crippen molar-refractivity contribution in [1.82, 2.24) is 14.8 Å². The number of allylic oxidation sites excluding steroid dienone is 1. The Labute approximate surface area is 207 Å². The Hall–Kier alpha value is -3.22. The molecule has 5 rings (SSSR count). The van der Waals surface area contributed by atoms with E-state index in [9.17, 15) is 9.59 Å². The predicted octanol–water partition coefficient (Wildman–Crippen LogP) is 5.37. The molecule has 1 saturated carbocycles. The van der Waals surface area contributed by atoms with Crippen molar-refractivity contribution in [2.45, 2.75) is 31.8 Å². The summed E-state index contributed by atoms with van der Waals surface area (Å²) in [6.45, 7) is -0.277. The van der Waals surface area contributed by atoms with Gasteiger partial charge in [-0.25, -0.2) is 9.69 Å². The van der Waals surface area contributed by atoms with E-state index in [1.807, 2.05) is 48.5 Å². The number of rotatable bonds is 4. The maximum atomic E-state index is 13.5. The van der Waals surface area contributed by atoms with Crippen molar-refractivity contribution in [1.29, 1.82) is 0 Å². The third kappa shape index (κ3) is 4.31. The molecule has 0 spiro atoms. The van der Waals surface area contributed by atoms with Crippen LogP contribution >= 0.6 is 23.2 Å². The lowest BCUT2D eigenvalue weighted by Gasteiger charge is -2.29. The number of hydrazone groups is 1. The molecule has 0 saturated heterocycles. The first kappa shape index (κ1) is 22.6. The van der Waals surface area contributed by atoms with E-state index in [-0.39, 0.29) is 34.5 Å². The molecular formula is C26H22Cl2N4O2. The number of aromatic nitrogens is 2. The van der Waals surface area contributed by atoms with Crippen molar-refractivity contribution < 1.29 is 4.79 Å². The van der Waals surface area contributed by atoms with Gasteiger partial charge in [0.25, 0.3) is 11.5 Å². The van der Waals surface area contributed by atoms with Crippen molar-refractivity contribution >= 4 is 40.9 Å². The van der Waals surface area contributed by atoms with Crippen LogP contribution in [0.4, 0.5) is 0 Å². The third-order valence-corrected chi connectivity index (χ3v) is 7.01. The van der Waals surface area contributed by atoms with Crippen LogP contribution in [0.3, 0.4) is 0 Å². The molecule has 1 fully saturated rings. The van der Waals surface area contributed by atoms with Crippen LogP contribution in [0.15, 0.2) is 82.3 Å². The smallest absolute Gasteiger partial charge is 0.271 e. The average Bonchev–Trinajstić information content (AvgIpc) is 3.26. The summed E-state index contributed by atoms with van der Waals surface area (Å²) in [5.41, 5.74) is 3.59. The lowest BCUT2D eigenvalue weighted by atomic mass is 9.77. The minimum atomic E-state index is -0.604. The molecule has 172 valence electrons. The summed E-state index contributed by atoms with van der Waals surface area (Å²) in [5.74, 6) is -0.253. The summed E-state index contributed by atoms with van der Waals surface area (Å²) in [5, 5.41) is 10.3. The molecule has 8 heteroatoms. The van der Waals surface area contributed by atoms with Crippen molar-refractivity contribution in [3.8, 4) is 0 Å². The normalized spacial score (nSPS) is 20.8. The molecule has 0 bridgehead atoms. The molecule has 2 aromatic carbocycles. The highest BCUT2D eigenvalue weighted by atomic mass is 35.5. The van der Waals surface area contributed by atoms with Gasteiger partial charge >= 0.3 is 0 Å². The number of amides is 1. The molecule has 0 radical (unpaired) electrons. The standard InChI is InChI=1S/C26H22Cl2N4O2/c27-21-15-29-31(26(34)23(21)28)16-22(33)32-25(18-10-5-2-6-11-18)20-13-7-12-19(24(20)30-32)14-17-8-3-1-4-9-17/h1-6,8-11,14-15,20,25H,7,12-13,16H2/b19-14+. The predicted molar refractivity (Wildman–Crippen MR) is 134 cm³/mol. The van der Waals surface area contributed by atoms with Crippen LogP contribution < -0.4 is 5.56 Å². The number of hydrogen-bond acceptors (Lipinski definition) is 4. The number of halogens is 2. The second kappa shape index (κ2) is 9.57. The second-order valence-electron chi connectivity index (χ2n) is 8.43. The van der Waals surface area contributed by atoms with E-state index in [1.54, 1.807) is 0 Å². The fourth-order valence-corrected chi connectivity index (χ4v) is 4.97. The largest absolute Gasteiger partial charge is 0.287 e. The van der Waals surface area contributed by atoms with E-state index in [2.05, 4.69) is 23.3 Å². The van der Waals surface area contributed by atoms with Crippen LogP contribution in [0.25, 0.3) is 6.08 Å². The highest BCUT2D eigenvalue weighted by molar-refractivity contribution is 6.41. The maximum absolute atomic E-state index is 13.5. The molecule has 34 heavy (non-hydrogen) atoms. The molecule has 1 aliphatic carbocycles. The maximum Gasteiger partial charge on any atom is 0.287 e. The van der Waals surface area contributed by atoms with Gasteiger partial charge in [0.05, 0.1) is 23.0 Å². The zero-order valence-corrected chi connectivity index (χ0v) is 19.8. The van der Waals surface area contributed by atoms with Crippen LogP contribution in [-0.2, 0) is 11.3 Å². The van der Waals surface area contributed by atoms with E-state index >= 15 is 0 Å². The number of nitrogens with zero attached hydrogens (tertiary/aromatic N) is 4. The first-order chi connectivity index (χ1) is 16.5. The van der Waals surface area contributed by atoms with Crippen LogP contribution in [0.5, 0.6) is 0 Å². The Morgan fingerprint density at radius 1 is 1.06 bits per heavy atom. The van der Waals surface area contributed by atoms with E-state index in [0.717, 1.165) is 46.4 Å². The zero-order valence-electron chi connectivity index (χ0n) is 18.3. The fraction of sp³-hybridized carbons (Fsp3) is 0.231. The fourth-order valence-electron chi connectivity index (χ4n) is 4.70. The van der Waals surface area contributed by atoms with Gasteiger partial charge in [0, 0.05) is 5.92 Å². The molecule has 3 aromatic rings. The minimum absolute atomic E-state index is 0.0562. The van der Waals surface area contributed by atoms with Gasteiger partial charge in [-0.1, -0.05) is 83.9 Å². The van der Waals surface area contributed by atoms with Gasteiger partial charge in [0.1, 0.15) is 11.6 Å². The Bertz CT molecular complexity index is 1340. The monoisotopic (exact) mass is 492 g/mol. The number of carbonyl (C=O) groups excluding carboxylic acids is 1. The van der Waals surface area contributed by atoms with Crippen LogP contribution in [0.1, 0.15) is 36.4 Å². The van der Waals surface area contributed by atoms with Crippen LogP contribution in [0, 0.1) is 5.92 Å². The summed E-state index contributed by atoms with van der Waals surface area (Å²) in [4.78, 5) is 25.9. The molecular weight excluding hydrogens is 471 g/mol. The Balaban J connectivity index is 1.53. The summed E-state index contributed by atoms with van der Waals surface area (Å²) in [7, 11) is 0. The summed E-state index contributed by atoms with van der Waals surface area (Å²) in [6.07, 6.45) is 6.28. The Kier molecular flexibility index (Phi) is 6.35. The minimum Gasteiger partial charge on any atom is -0.271 e. The van der Waals surface area contributed by atoms with Gasteiger partial charge in [-0.15, -0.1) is 0 Å².